The highest BCUT2D eigenvalue weighted by molar-refractivity contribution is 8.13. The Kier molecular flexibility index (Phi) is 5.12. The third-order valence-corrected chi connectivity index (χ3v) is 4.36. The molecule has 1 heterocycles. The van der Waals surface area contributed by atoms with Crippen molar-refractivity contribution in [3.63, 3.8) is 0 Å². The van der Waals surface area contributed by atoms with E-state index in [0.717, 1.165) is 11.7 Å². The predicted octanol–water partition coefficient (Wildman–Crippen LogP) is 3.65. The molecule has 18 heavy (non-hydrogen) atoms. The summed E-state index contributed by atoms with van der Waals surface area (Å²) in [5, 5.41) is 4.66. The van der Waals surface area contributed by atoms with E-state index >= 15 is 0 Å². The van der Waals surface area contributed by atoms with E-state index < -0.39 is 0 Å². The largest absolute Gasteiger partial charge is 0.362 e. The Morgan fingerprint density at radius 2 is 2.17 bits per heavy atom. The van der Waals surface area contributed by atoms with E-state index in [1.165, 1.54) is 24.2 Å². The van der Waals surface area contributed by atoms with E-state index in [1.54, 1.807) is 0 Å². The second-order valence-corrected chi connectivity index (χ2v) is 5.93. The Balaban J connectivity index is 1.90. The second-order valence-electron chi connectivity index (χ2n) is 4.84. The maximum absolute atomic E-state index is 4.73. The summed E-state index contributed by atoms with van der Waals surface area (Å²) in [6, 6.07) is 11.2. The van der Waals surface area contributed by atoms with Gasteiger partial charge in [0.25, 0.3) is 0 Å². The molecule has 1 saturated heterocycles. The highest BCUT2D eigenvalue weighted by Crippen LogP contribution is 2.18. The van der Waals surface area contributed by atoms with Crippen molar-refractivity contribution in [2.75, 3.05) is 12.3 Å². The lowest BCUT2D eigenvalue weighted by Crippen LogP contribution is -2.37. The molecule has 2 rings (SSSR count). The number of amidine groups is 1. The molecule has 1 aliphatic heterocycles. The second kappa shape index (κ2) is 6.83. The van der Waals surface area contributed by atoms with Crippen LogP contribution in [0.15, 0.2) is 35.3 Å². The Morgan fingerprint density at radius 3 is 2.89 bits per heavy atom. The molecule has 2 unspecified atom stereocenters. The third-order valence-electron chi connectivity index (χ3n) is 3.40. The van der Waals surface area contributed by atoms with Gasteiger partial charge < -0.3 is 5.32 Å². The summed E-state index contributed by atoms with van der Waals surface area (Å²) in [7, 11) is 0. The number of rotatable bonds is 4. The van der Waals surface area contributed by atoms with E-state index in [2.05, 4.69) is 49.5 Å². The SMILES string of the molecule is CCC1CCSC(=NCC(C)c2ccccc2)N1. The van der Waals surface area contributed by atoms with E-state index in [0.29, 0.717) is 12.0 Å². The maximum Gasteiger partial charge on any atom is 0.156 e. The molecule has 1 aliphatic rings. The van der Waals surface area contributed by atoms with E-state index in [-0.39, 0.29) is 0 Å². The topological polar surface area (TPSA) is 24.4 Å². The van der Waals surface area contributed by atoms with Crippen LogP contribution in [0.5, 0.6) is 0 Å². The molecule has 0 aromatic heterocycles. The van der Waals surface area contributed by atoms with E-state index in [4.69, 9.17) is 4.99 Å². The molecular formula is C15H22N2S. The molecular weight excluding hydrogens is 240 g/mol. The van der Waals surface area contributed by atoms with Crippen LogP contribution in [-0.2, 0) is 0 Å². The van der Waals surface area contributed by atoms with Crippen LogP contribution in [0, 0.1) is 0 Å². The van der Waals surface area contributed by atoms with Crippen molar-refractivity contribution in [2.45, 2.75) is 38.6 Å². The first-order valence-corrected chi connectivity index (χ1v) is 7.77. The molecule has 0 aliphatic carbocycles. The van der Waals surface area contributed by atoms with Gasteiger partial charge >= 0.3 is 0 Å². The Bertz CT molecular complexity index is 389. The van der Waals surface area contributed by atoms with Gasteiger partial charge in [-0.3, -0.25) is 4.99 Å². The Hall–Kier alpha value is -0.960. The van der Waals surface area contributed by atoms with Crippen molar-refractivity contribution in [3.8, 4) is 0 Å². The number of aliphatic imine (C=N–C) groups is 1. The average Bonchev–Trinajstić information content (AvgIpc) is 2.46. The van der Waals surface area contributed by atoms with Crippen molar-refractivity contribution in [1.82, 2.24) is 5.32 Å². The molecule has 0 spiro atoms. The van der Waals surface area contributed by atoms with Crippen LogP contribution in [0.4, 0.5) is 0 Å². The fraction of sp³-hybridized carbons (Fsp3) is 0.533. The van der Waals surface area contributed by atoms with E-state index in [9.17, 15) is 0 Å². The summed E-state index contributed by atoms with van der Waals surface area (Å²) < 4.78 is 0. The number of hydrogen-bond donors (Lipinski definition) is 1. The Labute approximate surface area is 114 Å². The zero-order valence-electron chi connectivity index (χ0n) is 11.2. The van der Waals surface area contributed by atoms with Crippen molar-refractivity contribution in [1.29, 1.82) is 0 Å². The van der Waals surface area contributed by atoms with Gasteiger partial charge in [0, 0.05) is 24.3 Å². The Morgan fingerprint density at radius 1 is 1.39 bits per heavy atom. The summed E-state index contributed by atoms with van der Waals surface area (Å²) in [6.45, 7) is 5.35. The van der Waals surface area contributed by atoms with Gasteiger partial charge in [0.2, 0.25) is 0 Å². The standard InChI is InChI=1S/C15H22N2S/c1-3-14-9-10-18-15(17-14)16-11-12(2)13-7-5-4-6-8-13/h4-8,12,14H,3,9-11H2,1-2H3,(H,16,17). The molecule has 1 N–H and O–H groups in total. The van der Waals surface area contributed by atoms with Crippen molar-refractivity contribution in [2.24, 2.45) is 4.99 Å². The first-order chi connectivity index (χ1) is 8.79. The molecule has 0 bridgehead atoms. The highest BCUT2D eigenvalue weighted by atomic mass is 32.2. The number of nitrogens with zero attached hydrogens (tertiary/aromatic N) is 1. The van der Waals surface area contributed by atoms with Crippen molar-refractivity contribution < 1.29 is 0 Å². The van der Waals surface area contributed by atoms with Gasteiger partial charge in [0.15, 0.2) is 5.17 Å². The van der Waals surface area contributed by atoms with Crippen molar-refractivity contribution in [3.05, 3.63) is 35.9 Å². The first-order valence-electron chi connectivity index (χ1n) is 6.78. The molecule has 1 aromatic rings. The van der Waals surface area contributed by atoms with Crippen LogP contribution in [0.3, 0.4) is 0 Å². The van der Waals surface area contributed by atoms with Crippen LogP contribution < -0.4 is 5.32 Å². The first kappa shape index (κ1) is 13.5. The minimum atomic E-state index is 0.489. The predicted molar refractivity (Wildman–Crippen MR) is 81.4 cm³/mol. The lowest BCUT2D eigenvalue weighted by Gasteiger charge is -2.24. The summed E-state index contributed by atoms with van der Waals surface area (Å²) in [6.07, 6.45) is 2.45. The molecule has 1 fully saturated rings. The fourth-order valence-corrected chi connectivity index (χ4v) is 3.10. The molecule has 0 radical (unpaired) electrons. The fourth-order valence-electron chi connectivity index (χ4n) is 2.09. The van der Waals surface area contributed by atoms with Crippen LogP contribution in [-0.4, -0.2) is 23.5 Å². The monoisotopic (exact) mass is 262 g/mol. The summed E-state index contributed by atoms with van der Waals surface area (Å²) >= 11 is 1.86. The summed E-state index contributed by atoms with van der Waals surface area (Å²) in [4.78, 5) is 4.73. The smallest absolute Gasteiger partial charge is 0.156 e. The van der Waals surface area contributed by atoms with Crippen LogP contribution >= 0.6 is 11.8 Å². The van der Waals surface area contributed by atoms with Crippen LogP contribution in [0.25, 0.3) is 0 Å². The van der Waals surface area contributed by atoms with Crippen LogP contribution in [0.2, 0.25) is 0 Å². The zero-order chi connectivity index (χ0) is 12.8. The molecule has 2 atom stereocenters. The van der Waals surface area contributed by atoms with Gasteiger partial charge in [-0.05, 0) is 18.4 Å². The van der Waals surface area contributed by atoms with Crippen molar-refractivity contribution >= 4 is 16.9 Å². The highest BCUT2D eigenvalue weighted by Gasteiger charge is 2.15. The number of thioether (sulfide) groups is 1. The lowest BCUT2D eigenvalue weighted by molar-refractivity contribution is 0.570. The normalized spacial score (nSPS) is 23.7. The molecule has 2 nitrogen and oxygen atoms in total. The molecule has 0 saturated carbocycles. The summed E-state index contributed by atoms with van der Waals surface area (Å²) in [5.41, 5.74) is 1.37. The zero-order valence-corrected chi connectivity index (χ0v) is 12.0. The van der Waals surface area contributed by atoms with Gasteiger partial charge in [-0.1, -0.05) is 55.9 Å². The number of benzene rings is 1. The number of hydrogen-bond acceptors (Lipinski definition) is 2. The van der Waals surface area contributed by atoms with Gasteiger partial charge in [-0.25, -0.2) is 0 Å². The quantitative estimate of drug-likeness (QED) is 0.895. The number of nitrogens with one attached hydrogen (secondary N) is 1. The summed E-state index contributed by atoms with van der Waals surface area (Å²) in [5.74, 6) is 1.69. The molecule has 3 heteroatoms. The minimum Gasteiger partial charge on any atom is -0.362 e. The van der Waals surface area contributed by atoms with Gasteiger partial charge in [-0.2, -0.15) is 0 Å². The lowest BCUT2D eigenvalue weighted by atomic mass is 10.0. The maximum atomic E-state index is 4.73. The molecule has 0 amide bonds. The van der Waals surface area contributed by atoms with Gasteiger partial charge in [0.05, 0.1) is 0 Å². The molecule has 1 aromatic carbocycles. The van der Waals surface area contributed by atoms with E-state index in [1.807, 2.05) is 11.8 Å². The van der Waals surface area contributed by atoms with Crippen LogP contribution in [0.1, 0.15) is 38.2 Å². The molecule has 98 valence electrons. The van der Waals surface area contributed by atoms with Gasteiger partial charge in [0.1, 0.15) is 0 Å². The third kappa shape index (κ3) is 3.77. The minimum absolute atomic E-state index is 0.489. The average molecular weight is 262 g/mol. The van der Waals surface area contributed by atoms with Gasteiger partial charge in [-0.15, -0.1) is 0 Å².